The number of benzene rings is 3. The van der Waals surface area contributed by atoms with Gasteiger partial charge in [0, 0.05) is 5.02 Å². The molecular weight excluding hydrogens is 484 g/mol. The zero-order valence-electron chi connectivity index (χ0n) is 19.4. The Labute approximate surface area is 212 Å². The van der Waals surface area contributed by atoms with Crippen LogP contribution in [0.3, 0.4) is 0 Å². The van der Waals surface area contributed by atoms with Gasteiger partial charge in [0.2, 0.25) is 0 Å². The van der Waals surface area contributed by atoms with Gasteiger partial charge in [-0.25, -0.2) is 14.5 Å². The van der Waals surface area contributed by atoms with Gasteiger partial charge in [0.1, 0.15) is 5.57 Å². The molecule has 0 unspecified atom stereocenters. The van der Waals surface area contributed by atoms with E-state index in [0.717, 1.165) is 10.5 Å². The Morgan fingerprint density at radius 2 is 1.75 bits per heavy atom. The lowest BCUT2D eigenvalue weighted by Gasteiger charge is -2.26. The third-order valence-corrected chi connectivity index (χ3v) is 5.47. The van der Waals surface area contributed by atoms with Crippen molar-refractivity contribution >= 4 is 47.2 Å². The maximum Gasteiger partial charge on any atom is 0.343 e. The van der Waals surface area contributed by atoms with Crippen LogP contribution in [0.1, 0.15) is 28.4 Å². The number of nitrogens with one attached hydrogen (secondary N) is 1. The second kappa shape index (κ2) is 10.5. The lowest BCUT2D eigenvalue weighted by atomic mass is 10.1. The summed E-state index contributed by atoms with van der Waals surface area (Å²) >= 11 is 5.87. The molecule has 4 amide bonds. The lowest BCUT2D eigenvalue weighted by molar-refractivity contribution is -0.122. The van der Waals surface area contributed by atoms with Crippen molar-refractivity contribution < 1.29 is 28.7 Å². The lowest BCUT2D eigenvalue weighted by Crippen LogP contribution is -2.54. The van der Waals surface area contributed by atoms with Crippen molar-refractivity contribution in [2.75, 3.05) is 11.5 Å². The number of carbonyl (C=O) groups excluding carboxylic acids is 4. The van der Waals surface area contributed by atoms with Gasteiger partial charge in [0.25, 0.3) is 11.8 Å². The van der Waals surface area contributed by atoms with E-state index in [1.165, 1.54) is 18.2 Å². The zero-order valence-corrected chi connectivity index (χ0v) is 20.2. The van der Waals surface area contributed by atoms with Crippen molar-refractivity contribution in [1.82, 2.24) is 5.32 Å². The van der Waals surface area contributed by atoms with E-state index in [1.807, 2.05) is 13.0 Å². The van der Waals surface area contributed by atoms with Gasteiger partial charge in [-0.05, 0) is 79.6 Å². The first-order valence-corrected chi connectivity index (χ1v) is 11.4. The number of anilines is 1. The molecule has 0 aromatic heterocycles. The molecule has 4 rings (SSSR count). The zero-order chi connectivity index (χ0) is 25.8. The summed E-state index contributed by atoms with van der Waals surface area (Å²) in [6.45, 7) is 3.87. The Morgan fingerprint density at radius 3 is 2.44 bits per heavy atom. The van der Waals surface area contributed by atoms with Gasteiger partial charge in [-0.15, -0.1) is 0 Å². The quantitative estimate of drug-likeness (QED) is 0.221. The van der Waals surface area contributed by atoms with Crippen molar-refractivity contribution in [2.45, 2.75) is 13.8 Å². The molecule has 0 atom stereocenters. The van der Waals surface area contributed by atoms with Crippen molar-refractivity contribution in [3.05, 3.63) is 94.0 Å². The van der Waals surface area contributed by atoms with Crippen LogP contribution in [0, 0.1) is 6.92 Å². The molecule has 1 aliphatic rings. The largest absolute Gasteiger partial charge is 0.490 e. The fourth-order valence-electron chi connectivity index (χ4n) is 3.54. The summed E-state index contributed by atoms with van der Waals surface area (Å²) in [6, 6.07) is 16.8. The molecule has 1 N–H and O–H groups in total. The van der Waals surface area contributed by atoms with Crippen molar-refractivity contribution in [3.63, 3.8) is 0 Å². The smallest absolute Gasteiger partial charge is 0.343 e. The maximum absolute atomic E-state index is 13.1. The van der Waals surface area contributed by atoms with E-state index in [-0.39, 0.29) is 23.7 Å². The van der Waals surface area contributed by atoms with Crippen LogP contribution < -0.4 is 19.7 Å². The molecule has 1 heterocycles. The van der Waals surface area contributed by atoms with Crippen LogP contribution in [-0.2, 0) is 9.59 Å². The summed E-state index contributed by atoms with van der Waals surface area (Å²) in [6.07, 6.45) is 1.35. The van der Waals surface area contributed by atoms with Crippen LogP contribution in [-0.4, -0.2) is 30.4 Å². The highest BCUT2D eigenvalue weighted by Crippen LogP contribution is 2.31. The van der Waals surface area contributed by atoms with Gasteiger partial charge in [0.05, 0.1) is 17.9 Å². The number of aryl methyl sites for hydroxylation is 1. The number of rotatable bonds is 6. The molecule has 0 aliphatic carbocycles. The number of hydrogen-bond donors (Lipinski definition) is 1. The number of nitrogens with zero attached hydrogens (tertiary/aromatic N) is 1. The van der Waals surface area contributed by atoms with Crippen LogP contribution in [0.15, 0.2) is 72.3 Å². The minimum atomic E-state index is -0.827. The van der Waals surface area contributed by atoms with Crippen LogP contribution >= 0.6 is 11.6 Å². The molecule has 36 heavy (non-hydrogen) atoms. The van der Waals surface area contributed by atoms with E-state index in [9.17, 15) is 19.2 Å². The number of ether oxygens (including phenoxy) is 2. The molecule has 0 bridgehead atoms. The molecule has 182 valence electrons. The third-order valence-electron chi connectivity index (χ3n) is 5.22. The number of hydrogen-bond acceptors (Lipinski definition) is 6. The van der Waals surface area contributed by atoms with Gasteiger partial charge in [-0.2, -0.15) is 0 Å². The molecular formula is C27H21ClN2O6. The molecule has 3 aromatic carbocycles. The predicted molar refractivity (Wildman–Crippen MR) is 134 cm³/mol. The Kier molecular flexibility index (Phi) is 7.17. The number of halogens is 1. The predicted octanol–water partition coefficient (Wildman–Crippen LogP) is 4.93. The Hall–Kier alpha value is -4.43. The molecule has 8 nitrogen and oxygen atoms in total. The number of imide groups is 2. The van der Waals surface area contributed by atoms with Crippen LogP contribution in [0.25, 0.3) is 6.08 Å². The fraction of sp³-hybridized carbons (Fsp3) is 0.111. The van der Waals surface area contributed by atoms with E-state index >= 15 is 0 Å². The van der Waals surface area contributed by atoms with E-state index < -0.39 is 23.8 Å². The Morgan fingerprint density at radius 1 is 1.00 bits per heavy atom. The van der Waals surface area contributed by atoms with Gasteiger partial charge in [-0.3, -0.25) is 14.9 Å². The third kappa shape index (κ3) is 5.29. The second-order valence-electron chi connectivity index (χ2n) is 7.83. The average Bonchev–Trinajstić information content (AvgIpc) is 2.84. The summed E-state index contributed by atoms with van der Waals surface area (Å²) in [5.74, 6) is -1.78. The number of barbiturate groups is 1. The molecule has 0 spiro atoms. The number of esters is 1. The summed E-state index contributed by atoms with van der Waals surface area (Å²) < 4.78 is 11.1. The molecule has 0 radical (unpaired) electrons. The standard InChI is InChI=1S/C27H21ClN2O6/c1-3-35-23-15-17(7-12-22(23)36-26(33)18-8-10-19(28)11-9-18)14-21-24(31)29-27(34)30(25(21)32)20-6-4-5-16(2)13-20/h4-15H,3H2,1-2H3,(H,29,31,34)/b21-14+. The molecule has 9 heteroatoms. The van der Waals surface area contributed by atoms with Crippen molar-refractivity contribution in [3.8, 4) is 11.5 Å². The first-order valence-electron chi connectivity index (χ1n) is 11.0. The average molecular weight is 505 g/mol. The second-order valence-corrected chi connectivity index (χ2v) is 8.27. The molecule has 1 saturated heterocycles. The van der Waals surface area contributed by atoms with Crippen LogP contribution in [0.4, 0.5) is 10.5 Å². The van der Waals surface area contributed by atoms with Gasteiger partial charge in [-0.1, -0.05) is 29.8 Å². The highest BCUT2D eigenvalue weighted by molar-refractivity contribution is 6.39. The molecule has 3 aromatic rings. The van der Waals surface area contributed by atoms with Crippen LogP contribution in [0.5, 0.6) is 11.5 Å². The van der Waals surface area contributed by atoms with E-state index in [2.05, 4.69) is 5.32 Å². The molecule has 0 saturated carbocycles. The van der Waals surface area contributed by atoms with Gasteiger partial charge >= 0.3 is 12.0 Å². The summed E-state index contributed by atoms with van der Waals surface area (Å²) in [4.78, 5) is 51.5. The molecule has 1 aliphatic heterocycles. The van der Waals surface area contributed by atoms with Crippen molar-refractivity contribution in [2.24, 2.45) is 0 Å². The normalized spacial score (nSPS) is 14.6. The summed E-state index contributed by atoms with van der Waals surface area (Å²) in [5.41, 5.74) is 1.70. The Balaban J connectivity index is 1.64. The number of amides is 4. The van der Waals surface area contributed by atoms with Gasteiger partial charge < -0.3 is 9.47 Å². The molecule has 1 fully saturated rings. The van der Waals surface area contributed by atoms with Gasteiger partial charge in [0.15, 0.2) is 11.5 Å². The SMILES string of the molecule is CCOc1cc(/C=C2\C(=O)NC(=O)N(c3cccc(C)c3)C2=O)ccc1OC(=O)c1ccc(Cl)cc1. The monoisotopic (exact) mass is 504 g/mol. The number of carbonyl (C=O) groups is 4. The minimum absolute atomic E-state index is 0.162. The van der Waals surface area contributed by atoms with Crippen molar-refractivity contribution in [1.29, 1.82) is 0 Å². The highest BCUT2D eigenvalue weighted by atomic mass is 35.5. The Bertz CT molecular complexity index is 1400. The van der Waals surface area contributed by atoms with E-state index in [1.54, 1.807) is 55.5 Å². The summed E-state index contributed by atoms with van der Waals surface area (Å²) in [7, 11) is 0. The highest BCUT2D eigenvalue weighted by Gasteiger charge is 2.36. The first kappa shape index (κ1) is 24.7. The summed E-state index contributed by atoms with van der Waals surface area (Å²) in [5, 5.41) is 2.69. The van der Waals surface area contributed by atoms with E-state index in [4.69, 9.17) is 21.1 Å². The minimum Gasteiger partial charge on any atom is -0.490 e. The fourth-order valence-corrected chi connectivity index (χ4v) is 3.66. The maximum atomic E-state index is 13.1. The van der Waals surface area contributed by atoms with E-state index in [0.29, 0.717) is 21.8 Å². The topological polar surface area (TPSA) is 102 Å². The van der Waals surface area contributed by atoms with Crippen LogP contribution in [0.2, 0.25) is 5.02 Å². The first-order chi connectivity index (χ1) is 17.3. The number of urea groups is 1.